The molecule has 136 valence electrons. The van der Waals surface area contributed by atoms with Gasteiger partial charge >= 0.3 is 0 Å². The van der Waals surface area contributed by atoms with Gasteiger partial charge in [0.2, 0.25) is 11.7 Å². The van der Waals surface area contributed by atoms with Gasteiger partial charge in [-0.3, -0.25) is 4.57 Å². The molecule has 4 rings (SSSR count). The van der Waals surface area contributed by atoms with E-state index >= 15 is 0 Å². The Labute approximate surface area is 161 Å². The van der Waals surface area contributed by atoms with Crippen LogP contribution in [0.5, 0.6) is 0 Å². The Hall–Kier alpha value is -2.93. The third-order valence-corrected chi connectivity index (χ3v) is 5.29. The lowest BCUT2D eigenvalue weighted by atomic mass is 10.2. The van der Waals surface area contributed by atoms with Crippen molar-refractivity contribution in [3.63, 3.8) is 0 Å². The van der Waals surface area contributed by atoms with Gasteiger partial charge in [-0.05, 0) is 32.4 Å². The maximum Gasteiger partial charge on any atom is 0.240 e. The molecule has 0 fully saturated rings. The normalized spacial score (nSPS) is 12.3. The van der Waals surface area contributed by atoms with Crippen LogP contribution in [-0.4, -0.2) is 24.9 Å². The zero-order chi connectivity index (χ0) is 18.8. The van der Waals surface area contributed by atoms with Crippen molar-refractivity contribution < 1.29 is 4.52 Å². The summed E-state index contributed by atoms with van der Waals surface area (Å²) >= 11 is 1.55. The first kappa shape index (κ1) is 17.5. The van der Waals surface area contributed by atoms with E-state index in [1.165, 1.54) is 5.56 Å². The zero-order valence-corrected chi connectivity index (χ0v) is 16.1. The van der Waals surface area contributed by atoms with Gasteiger partial charge in [-0.25, -0.2) is 0 Å². The summed E-state index contributed by atoms with van der Waals surface area (Å²) in [7, 11) is 0. The van der Waals surface area contributed by atoms with Crippen LogP contribution in [0.2, 0.25) is 0 Å². The van der Waals surface area contributed by atoms with E-state index in [2.05, 4.69) is 44.0 Å². The molecule has 0 N–H and O–H groups in total. The summed E-state index contributed by atoms with van der Waals surface area (Å²) in [4.78, 5) is 4.55. The molecule has 0 spiro atoms. The molecular formula is C20H19N5OS. The summed E-state index contributed by atoms with van der Waals surface area (Å²) in [5.74, 6) is 2.00. The van der Waals surface area contributed by atoms with Gasteiger partial charge in [-0.1, -0.05) is 65.4 Å². The molecule has 1 atom stereocenters. The fraction of sp³-hybridized carbons (Fsp3) is 0.200. The first-order valence-corrected chi connectivity index (χ1v) is 9.55. The molecule has 0 aliphatic heterocycles. The number of para-hydroxylation sites is 1. The Morgan fingerprint density at radius 3 is 2.48 bits per heavy atom. The van der Waals surface area contributed by atoms with E-state index in [1.807, 2.05) is 56.3 Å². The summed E-state index contributed by atoms with van der Waals surface area (Å²) in [5.41, 5.74) is 3.17. The number of hydrogen-bond donors (Lipinski definition) is 0. The fourth-order valence-corrected chi connectivity index (χ4v) is 3.76. The van der Waals surface area contributed by atoms with E-state index in [4.69, 9.17) is 4.52 Å². The summed E-state index contributed by atoms with van der Waals surface area (Å²) in [6.45, 7) is 6.06. The predicted molar refractivity (Wildman–Crippen MR) is 105 cm³/mol. The second-order valence-electron chi connectivity index (χ2n) is 6.23. The van der Waals surface area contributed by atoms with Crippen LogP contribution in [0.25, 0.3) is 17.1 Å². The van der Waals surface area contributed by atoms with Crippen LogP contribution in [0, 0.1) is 13.8 Å². The second-order valence-corrected chi connectivity index (χ2v) is 7.54. The molecule has 0 aliphatic carbocycles. The molecule has 27 heavy (non-hydrogen) atoms. The van der Waals surface area contributed by atoms with E-state index in [1.54, 1.807) is 11.8 Å². The lowest BCUT2D eigenvalue weighted by Crippen LogP contribution is -2.02. The third kappa shape index (κ3) is 3.50. The number of thioether (sulfide) groups is 1. The standard InChI is InChI=1S/C20H19N5OS/c1-13-9-7-8-12-17(13)25-15(3)22-23-20(25)27-14(2)19-21-18(24-26-19)16-10-5-4-6-11-16/h4-12,14H,1-3H3. The van der Waals surface area contributed by atoms with E-state index in [0.717, 1.165) is 22.2 Å². The minimum Gasteiger partial charge on any atom is -0.338 e. The van der Waals surface area contributed by atoms with Gasteiger partial charge in [0.1, 0.15) is 5.82 Å². The molecule has 0 bridgehead atoms. The van der Waals surface area contributed by atoms with E-state index in [9.17, 15) is 0 Å². The largest absolute Gasteiger partial charge is 0.338 e. The number of nitrogens with zero attached hydrogens (tertiary/aromatic N) is 5. The summed E-state index contributed by atoms with van der Waals surface area (Å²) < 4.78 is 7.55. The molecule has 0 aliphatic rings. The Morgan fingerprint density at radius 2 is 1.70 bits per heavy atom. The quantitative estimate of drug-likeness (QED) is 0.466. The first-order chi connectivity index (χ1) is 13.1. The smallest absolute Gasteiger partial charge is 0.240 e. The van der Waals surface area contributed by atoms with Crippen molar-refractivity contribution in [1.82, 2.24) is 24.9 Å². The molecule has 7 heteroatoms. The maximum absolute atomic E-state index is 5.49. The molecule has 2 aromatic carbocycles. The minimum atomic E-state index is -0.0543. The van der Waals surface area contributed by atoms with Crippen LogP contribution >= 0.6 is 11.8 Å². The van der Waals surface area contributed by atoms with Crippen LogP contribution in [0.15, 0.2) is 64.3 Å². The van der Waals surface area contributed by atoms with Crippen LogP contribution in [-0.2, 0) is 0 Å². The van der Waals surface area contributed by atoms with Gasteiger partial charge in [0, 0.05) is 5.56 Å². The topological polar surface area (TPSA) is 69.6 Å². The van der Waals surface area contributed by atoms with Crippen LogP contribution < -0.4 is 0 Å². The number of aryl methyl sites for hydroxylation is 2. The van der Waals surface area contributed by atoms with Crippen LogP contribution in [0.4, 0.5) is 0 Å². The minimum absolute atomic E-state index is 0.0543. The highest BCUT2D eigenvalue weighted by Gasteiger charge is 2.21. The van der Waals surface area contributed by atoms with Gasteiger partial charge in [-0.2, -0.15) is 4.98 Å². The molecule has 4 aromatic rings. The fourth-order valence-electron chi connectivity index (χ4n) is 2.82. The van der Waals surface area contributed by atoms with Crippen molar-refractivity contribution in [3.05, 3.63) is 71.9 Å². The lowest BCUT2D eigenvalue weighted by molar-refractivity contribution is 0.380. The van der Waals surface area contributed by atoms with Gasteiger partial charge in [0.05, 0.1) is 10.9 Å². The molecule has 0 radical (unpaired) electrons. The summed E-state index contributed by atoms with van der Waals surface area (Å²) in [6, 6.07) is 18.0. The molecule has 0 saturated heterocycles. The third-order valence-electron chi connectivity index (χ3n) is 4.26. The Bertz CT molecular complexity index is 1060. The molecule has 0 amide bonds. The van der Waals surface area contributed by atoms with Crippen molar-refractivity contribution in [2.24, 2.45) is 0 Å². The van der Waals surface area contributed by atoms with E-state index in [0.29, 0.717) is 11.7 Å². The average Bonchev–Trinajstić information content (AvgIpc) is 3.31. The number of aromatic nitrogens is 5. The summed E-state index contributed by atoms with van der Waals surface area (Å²) in [5, 5.41) is 13.5. The summed E-state index contributed by atoms with van der Waals surface area (Å²) in [6.07, 6.45) is 0. The number of rotatable bonds is 5. The zero-order valence-electron chi connectivity index (χ0n) is 15.3. The first-order valence-electron chi connectivity index (χ1n) is 8.67. The number of benzene rings is 2. The highest BCUT2D eigenvalue weighted by atomic mass is 32.2. The maximum atomic E-state index is 5.49. The lowest BCUT2D eigenvalue weighted by Gasteiger charge is -2.12. The Morgan fingerprint density at radius 1 is 0.963 bits per heavy atom. The molecule has 0 saturated carbocycles. The van der Waals surface area contributed by atoms with Crippen molar-refractivity contribution in [2.45, 2.75) is 31.2 Å². The highest BCUT2D eigenvalue weighted by molar-refractivity contribution is 7.99. The molecule has 2 heterocycles. The van der Waals surface area contributed by atoms with Crippen molar-refractivity contribution >= 4 is 11.8 Å². The van der Waals surface area contributed by atoms with E-state index < -0.39 is 0 Å². The van der Waals surface area contributed by atoms with Gasteiger partial charge < -0.3 is 4.52 Å². The molecule has 2 aromatic heterocycles. The average molecular weight is 377 g/mol. The van der Waals surface area contributed by atoms with E-state index in [-0.39, 0.29) is 5.25 Å². The molecule has 6 nitrogen and oxygen atoms in total. The van der Waals surface area contributed by atoms with Gasteiger partial charge in [-0.15, -0.1) is 10.2 Å². The SMILES string of the molecule is Cc1ccccc1-n1c(C)nnc1SC(C)c1nc(-c2ccccc2)no1. The highest BCUT2D eigenvalue weighted by Crippen LogP contribution is 2.35. The predicted octanol–water partition coefficient (Wildman–Crippen LogP) is 4.79. The Kier molecular flexibility index (Phi) is 4.77. The van der Waals surface area contributed by atoms with Gasteiger partial charge in [0.15, 0.2) is 5.16 Å². The van der Waals surface area contributed by atoms with Crippen LogP contribution in [0.3, 0.4) is 0 Å². The van der Waals surface area contributed by atoms with Crippen molar-refractivity contribution in [1.29, 1.82) is 0 Å². The Balaban J connectivity index is 1.61. The van der Waals surface area contributed by atoms with Crippen molar-refractivity contribution in [2.75, 3.05) is 0 Å². The molecular weight excluding hydrogens is 358 g/mol. The number of hydrogen-bond acceptors (Lipinski definition) is 6. The monoisotopic (exact) mass is 377 g/mol. The van der Waals surface area contributed by atoms with Gasteiger partial charge in [0.25, 0.3) is 0 Å². The van der Waals surface area contributed by atoms with Crippen LogP contribution in [0.1, 0.15) is 29.5 Å². The second kappa shape index (κ2) is 7.36. The molecule has 1 unspecified atom stereocenters. The van der Waals surface area contributed by atoms with Crippen molar-refractivity contribution in [3.8, 4) is 17.1 Å².